The van der Waals surface area contributed by atoms with Gasteiger partial charge in [-0.3, -0.25) is 9.59 Å². The van der Waals surface area contributed by atoms with Gasteiger partial charge in [0, 0.05) is 18.8 Å². The van der Waals surface area contributed by atoms with Gasteiger partial charge in [-0.05, 0) is 37.0 Å². The molecule has 0 saturated carbocycles. The van der Waals surface area contributed by atoms with E-state index in [0.29, 0.717) is 13.0 Å². The normalized spacial score (nSPS) is 18.7. The second-order valence-corrected chi connectivity index (χ2v) is 7.94. The van der Waals surface area contributed by atoms with Crippen molar-refractivity contribution in [2.24, 2.45) is 0 Å². The second-order valence-electron chi connectivity index (χ2n) is 5.93. The highest BCUT2D eigenvalue weighted by Gasteiger charge is 2.28. The Morgan fingerprint density at radius 1 is 1.22 bits per heavy atom. The molecule has 7 heteroatoms. The quantitative estimate of drug-likeness (QED) is 0.877. The molecule has 1 atom stereocenters. The average Bonchev–Trinajstić information content (AvgIpc) is 2.46. The number of amides is 1. The van der Waals surface area contributed by atoms with Crippen LogP contribution in [0, 0.1) is 0 Å². The summed E-state index contributed by atoms with van der Waals surface area (Å²) in [5.74, 6) is -1.00. The number of benzene rings is 1. The first-order valence-electron chi connectivity index (χ1n) is 7.57. The highest BCUT2D eigenvalue weighted by atomic mass is 32.2. The van der Waals surface area contributed by atoms with Gasteiger partial charge in [-0.1, -0.05) is 12.1 Å². The van der Waals surface area contributed by atoms with Crippen LogP contribution in [0.25, 0.3) is 0 Å². The lowest BCUT2D eigenvalue weighted by atomic mass is 9.98. The fourth-order valence-corrected chi connectivity index (χ4v) is 3.50. The number of carboxylic acid groups (broad SMARTS) is 1. The van der Waals surface area contributed by atoms with Crippen LogP contribution in [0.3, 0.4) is 0 Å². The van der Waals surface area contributed by atoms with Gasteiger partial charge in [0.25, 0.3) is 0 Å². The number of rotatable bonds is 5. The van der Waals surface area contributed by atoms with Crippen LogP contribution in [0.1, 0.15) is 31.2 Å². The number of hydrogen-bond donors (Lipinski definition) is 1. The Labute approximate surface area is 136 Å². The van der Waals surface area contributed by atoms with E-state index >= 15 is 0 Å². The monoisotopic (exact) mass is 339 g/mol. The van der Waals surface area contributed by atoms with Crippen LogP contribution in [0.2, 0.25) is 0 Å². The molecule has 6 nitrogen and oxygen atoms in total. The summed E-state index contributed by atoms with van der Waals surface area (Å²) in [5.41, 5.74) is 0.724. The molecule has 1 N–H and O–H groups in total. The molecule has 1 heterocycles. The molecule has 1 aliphatic rings. The fraction of sp³-hybridized carbons (Fsp3) is 0.500. The first-order chi connectivity index (χ1) is 10.8. The largest absolute Gasteiger partial charge is 0.481 e. The zero-order valence-corrected chi connectivity index (χ0v) is 13.9. The molecule has 126 valence electrons. The molecule has 0 spiro atoms. The Kier molecular flexibility index (Phi) is 5.41. The first kappa shape index (κ1) is 17.5. The van der Waals surface area contributed by atoms with E-state index in [9.17, 15) is 18.0 Å². The molecule has 1 aliphatic heterocycles. The van der Waals surface area contributed by atoms with E-state index in [1.54, 1.807) is 17.0 Å². The molecule has 2 rings (SSSR count). The molecule has 1 fully saturated rings. The molecule has 1 aromatic rings. The van der Waals surface area contributed by atoms with Crippen LogP contribution in [0.4, 0.5) is 0 Å². The van der Waals surface area contributed by atoms with Gasteiger partial charge in [0.15, 0.2) is 9.84 Å². The summed E-state index contributed by atoms with van der Waals surface area (Å²) in [6.45, 7) is 0.582. The summed E-state index contributed by atoms with van der Waals surface area (Å²) in [7, 11) is -3.25. The number of nitrogens with zero attached hydrogens (tertiary/aromatic N) is 1. The van der Waals surface area contributed by atoms with Crippen molar-refractivity contribution in [2.45, 2.75) is 43.0 Å². The second kappa shape index (κ2) is 7.12. The third-order valence-electron chi connectivity index (χ3n) is 4.06. The number of carboxylic acids is 1. The van der Waals surface area contributed by atoms with Crippen molar-refractivity contribution < 1.29 is 23.1 Å². The van der Waals surface area contributed by atoms with Crippen LogP contribution in [0.5, 0.6) is 0 Å². The standard InChI is InChI=1S/C16H21NO5S/c1-23(21,22)14-7-5-12(6-8-14)10-15(18)17-9-3-2-4-13(17)11-16(19)20/h5-8,13H,2-4,9-11H2,1H3,(H,19,20)/t13-/m1/s1. The van der Waals surface area contributed by atoms with Gasteiger partial charge in [-0.2, -0.15) is 0 Å². The SMILES string of the molecule is CS(=O)(=O)c1ccc(CC(=O)N2CCCC[C@@H]2CC(=O)O)cc1. The Balaban J connectivity index is 2.06. The number of aliphatic carboxylic acids is 1. The summed E-state index contributed by atoms with van der Waals surface area (Å²) >= 11 is 0. The van der Waals surface area contributed by atoms with E-state index in [4.69, 9.17) is 5.11 Å². The topological polar surface area (TPSA) is 91.8 Å². The molecule has 1 saturated heterocycles. The highest BCUT2D eigenvalue weighted by Crippen LogP contribution is 2.21. The number of piperidine rings is 1. The van der Waals surface area contributed by atoms with Crippen LogP contribution in [0.15, 0.2) is 29.2 Å². The molecule has 1 aromatic carbocycles. The molecular weight excluding hydrogens is 318 g/mol. The number of carbonyl (C=O) groups is 2. The van der Waals surface area contributed by atoms with Gasteiger partial charge in [0.2, 0.25) is 5.91 Å². The Morgan fingerprint density at radius 3 is 2.43 bits per heavy atom. The van der Waals surface area contributed by atoms with Crippen LogP contribution in [-0.2, 0) is 25.8 Å². The predicted molar refractivity (Wildman–Crippen MR) is 84.9 cm³/mol. The van der Waals surface area contributed by atoms with Crippen molar-refractivity contribution in [3.05, 3.63) is 29.8 Å². The van der Waals surface area contributed by atoms with Crippen molar-refractivity contribution in [1.29, 1.82) is 0 Å². The van der Waals surface area contributed by atoms with Gasteiger partial charge in [-0.15, -0.1) is 0 Å². The zero-order valence-electron chi connectivity index (χ0n) is 13.1. The molecule has 23 heavy (non-hydrogen) atoms. The van der Waals surface area contributed by atoms with Gasteiger partial charge >= 0.3 is 5.97 Å². The third-order valence-corrected chi connectivity index (χ3v) is 5.19. The van der Waals surface area contributed by atoms with Crippen molar-refractivity contribution in [3.8, 4) is 0 Å². The van der Waals surface area contributed by atoms with Crippen LogP contribution >= 0.6 is 0 Å². The number of likely N-dealkylation sites (tertiary alicyclic amines) is 1. The Hall–Kier alpha value is -1.89. The number of sulfone groups is 1. The number of carbonyl (C=O) groups excluding carboxylic acids is 1. The lowest BCUT2D eigenvalue weighted by molar-refractivity contribution is -0.141. The molecule has 1 amide bonds. The van der Waals surface area contributed by atoms with E-state index in [1.165, 1.54) is 12.1 Å². The fourth-order valence-electron chi connectivity index (χ4n) is 2.87. The van der Waals surface area contributed by atoms with E-state index < -0.39 is 15.8 Å². The maximum absolute atomic E-state index is 12.5. The summed E-state index contributed by atoms with van der Waals surface area (Å²) < 4.78 is 22.9. The van der Waals surface area contributed by atoms with Gasteiger partial charge < -0.3 is 10.0 Å². The highest BCUT2D eigenvalue weighted by molar-refractivity contribution is 7.90. The molecule has 0 unspecified atom stereocenters. The van der Waals surface area contributed by atoms with Gasteiger partial charge in [-0.25, -0.2) is 8.42 Å². The molecule has 0 bridgehead atoms. The van der Waals surface area contributed by atoms with Crippen LogP contribution in [-0.4, -0.2) is 49.1 Å². The molecule has 0 radical (unpaired) electrons. The maximum atomic E-state index is 12.5. The Bertz CT molecular complexity index is 681. The summed E-state index contributed by atoms with van der Waals surface area (Å²) in [4.78, 5) is 25.3. The van der Waals surface area contributed by atoms with Crippen molar-refractivity contribution >= 4 is 21.7 Å². The summed E-state index contributed by atoms with van der Waals surface area (Å²) in [5, 5.41) is 8.97. The minimum absolute atomic E-state index is 0.0290. The minimum Gasteiger partial charge on any atom is -0.481 e. The van der Waals surface area contributed by atoms with Gasteiger partial charge in [0.1, 0.15) is 0 Å². The van der Waals surface area contributed by atoms with Crippen molar-refractivity contribution in [3.63, 3.8) is 0 Å². The predicted octanol–water partition coefficient (Wildman–Crippen LogP) is 1.49. The van der Waals surface area contributed by atoms with E-state index in [1.807, 2.05) is 0 Å². The first-order valence-corrected chi connectivity index (χ1v) is 9.47. The average molecular weight is 339 g/mol. The van der Waals surface area contributed by atoms with E-state index in [2.05, 4.69) is 0 Å². The molecule has 0 aliphatic carbocycles. The summed E-state index contributed by atoms with van der Waals surface area (Å²) in [6, 6.07) is 5.99. The Morgan fingerprint density at radius 2 is 1.87 bits per heavy atom. The van der Waals surface area contributed by atoms with E-state index in [0.717, 1.165) is 24.7 Å². The van der Waals surface area contributed by atoms with Gasteiger partial charge in [0.05, 0.1) is 17.7 Å². The van der Waals surface area contributed by atoms with Crippen LogP contribution < -0.4 is 0 Å². The lowest BCUT2D eigenvalue weighted by Crippen LogP contribution is -2.45. The third kappa shape index (κ3) is 4.79. The van der Waals surface area contributed by atoms with Crippen molar-refractivity contribution in [1.82, 2.24) is 4.90 Å². The molecular formula is C16H21NO5S. The maximum Gasteiger partial charge on any atom is 0.305 e. The summed E-state index contributed by atoms with van der Waals surface area (Å²) in [6.07, 6.45) is 3.79. The molecule has 0 aromatic heterocycles. The lowest BCUT2D eigenvalue weighted by Gasteiger charge is -2.35. The zero-order chi connectivity index (χ0) is 17.0. The minimum atomic E-state index is -3.25. The van der Waals surface area contributed by atoms with E-state index in [-0.39, 0.29) is 29.7 Å². The van der Waals surface area contributed by atoms with Crippen molar-refractivity contribution in [2.75, 3.05) is 12.8 Å². The number of hydrogen-bond acceptors (Lipinski definition) is 4. The smallest absolute Gasteiger partial charge is 0.305 e.